The number of thioether (sulfide) groups is 1. The van der Waals surface area contributed by atoms with Gasteiger partial charge in [-0.25, -0.2) is 8.42 Å². The molecule has 0 spiro atoms. The summed E-state index contributed by atoms with van der Waals surface area (Å²) in [6.07, 6.45) is 2.66. The molecule has 1 aromatic heterocycles. The average molecular weight is 303 g/mol. The van der Waals surface area contributed by atoms with Crippen LogP contribution >= 0.6 is 11.8 Å². The summed E-state index contributed by atoms with van der Waals surface area (Å²) in [4.78, 5) is 3.42. The van der Waals surface area contributed by atoms with Crippen molar-refractivity contribution in [2.75, 3.05) is 31.1 Å². The average Bonchev–Trinajstić information content (AvgIpc) is 2.90. The summed E-state index contributed by atoms with van der Waals surface area (Å²) in [7, 11) is -3.31. The fraction of sp³-hybridized carbons (Fsp3) is 0.667. The van der Waals surface area contributed by atoms with Crippen LogP contribution in [-0.4, -0.2) is 48.8 Å². The standard InChI is InChI=1S/C12H21N3O2S2/c1-2-3-13-9-11-8-12(10-14-11)19(16,17)15-4-6-18-7-5-15/h8,10,13-14H,2-7,9H2,1H3. The Morgan fingerprint density at radius 1 is 1.42 bits per heavy atom. The molecule has 5 nitrogen and oxygen atoms in total. The van der Waals surface area contributed by atoms with Gasteiger partial charge in [0.2, 0.25) is 10.0 Å². The second-order valence-corrected chi connectivity index (χ2v) is 7.72. The Balaban J connectivity index is 2.03. The number of nitrogens with one attached hydrogen (secondary N) is 2. The Bertz CT molecular complexity index is 493. The summed E-state index contributed by atoms with van der Waals surface area (Å²) in [6, 6.07) is 1.74. The van der Waals surface area contributed by atoms with Gasteiger partial charge in [0, 0.05) is 43.0 Å². The van der Waals surface area contributed by atoms with Crippen molar-refractivity contribution in [3.63, 3.8) is 0 Å². The zero-order valence-corrected chi connectivity index (χ0v) is 12.8. The monoisotopic (exact) mass is 303 g/mol. The molecule has 0 aromatic carbocycles. The molecule has 2 heterocycles. The zero-order valence-electron chi connectivity index (χ0n) is 11.2. The van der Waals surface area contributed by atoms with Crippen molar-refractivity contribution in [2.24, 2.45) is 0 Å². The minimum absolute atomic E-state index is 0.382. The molecule has 0 unspecified atom stereocenters. The van der Waals surface area contributed by atoms with Gasteiger partial charge in [0.1, 0.15) is 0 Å². The van der Waals surface area contributed by atoms with Gasteiger partial charge in [-0.3, -0.25) is 0 Å². The van der Waals surface area contributed by atoms with Crippen molar-refractivity contribution >= 4 is 21.8 Å². The molecule has 2 N–H and O–H groups in total. The van der Waals surface area contributed by atoms with Crippen molar-refractivity contribution in [3.8, 4) is 0 Å². The van der Waals surface area contributed by atoms with Crippen molar-refractivity contribution in [1.82, 2.24) is 14.6 Å². The van der Waals surface area contributed by atoms with Crippen LogP contribution in [0.15, 0.2) is 17.2 Å². The molecule has 0 atom stereocenters. The molecule has 2 rings (SSSR count). The number of aromatic nitrogens is 1. The molecule has 1 saturated heterocycles. The largest absolute Gasteiger partial charge is 0.363 e. The van der Waals surface area contributed by atoms with Crippen molar-refractivity contribution in [2.45, 2.75) is 24.8 Å². The van der Waals surface area contributed by atoms with Crippen LogP contribution in [0.25, 0.3) is 0 Å². The number of rotatable bonds is 6. The first kappa shape index (κ1) is 14.9. The van der Waals surface area contributed by atoms with E-state index in [4.69, 9.17) is 0 Å². The van der Waals surface area contributed by atoms with E-state index < -0.39 is 10.0 Å². The molecule has 108 valence electrons. The number of hydrogen-bond donors (Lipinski definition) is 2. The first-order chi connectivity index (χ1) is 9.14. The molecule has 1 aliphatic heterocycles. The Kier molecular flexibility index (Phi) is 5.32. The van der Waals surface area contributed by atoms with E-state index in [-0.39, 0.29) is 0 Å². The lowest BCUT2D eigenvalue weighted by Crippen LogP contribution is -2.37. The van der Waals surface area contributed by atoms with E-state index >= 15 is 0 Å². The van der Waals surface area contributed by atoms with E-state index in [0.29, 0.717) is 24.5 Å². The maximum Gasteiger partial charge on any atom is 0.244 e. The molecule has 0 bridgehead atoms. The lowest BCUT2D eigenvalue weighted by molar-refractivity contribution is 0.443. The van der Waals surface area contributed by atoms with Crippen LogP contribution < -0.4 is 5.32 Å². The van der Waals surface area contributed by atoms with E-state index in [9.17, 15) is 8.42 Å². The molecule has 1 aromatic rings. The second kappa shape index (κ2) is 6.78. The predicted molar refractivity (Wildman–Crippen MR) is 78.9 cm³/mol. The number of H-pyrrole nitrogens is 1. The lowest BCUT2D eigenvalue weighted by atomic mass is 10.4. The maximum atomic E-state index is 12.4. The van der Waals surface area contributed by atoms with Crippen molar-refractivity contribution in [3.05, 3.63) is 18.0 Å². The highest BCUT2D eigenvalue weighted by Crippen LogP contribution is 2.20. The fourth-order valence-corrected chi connectivity index (χ4v) is 4.60. The normalized spacial score (nSPS) is 17.7. The van der Waals surface area contributed by atoms with Crippen molar-refractivity contribution < 1.29 is 8.42 Å². The third-order valence-corrected chi connectivity index (χ3v) is 5.89. The van der Waals surface area contributed by atoms with Gasteiger partial charge >= 0.3 is 0 Å². The Labute approximate surface area is 119 Å². The summed E-state index contributed by atoms with van der Waals surface area (Å²) < 4.78 is 26.4. The highest BCUT2D eigenvalue weighted by atomic mass is 32.2. The van der Waals surface area contributed by atoms with Crippen LogP contribution in [-0.2, 0) is 16.6 Å². The predicted octanol–water partition coefficient (Wildman–Crippen LogP) is 1.25. The van der Waals surface area contributed by atoms with E-state index in [1.807, 2.05) is 0 Å². The van der Waals surface area contributed by atoms with Gasteiger partial charge in [0.15, 0.2) is 0 Å². The van der Waals surface area contributed by atoms with Crippen LogP contribution in [0.5, 0.6) is 0 Å². The molecular formula is C12H21N3O2S2. The smallest absolute Gasteiger partial charge is 0.244 e. The summed E-state index contributed by atoms with van der Waals surface area (Å²) in [5.74, 6) is 1.77. The maximum absolute atomic E-state index is 12.4. The highest BCUT2D eigenvalue weighted by Gasteiger charge is 2.26. The first-order valence-electron chi connectivity index (χ1n) is 6.60. The zero-order chi connectivity index (χ0) is 13.7. The minimum atomic E-state index is -3.31. The van der Waals surface area contributed by atoms with Gasteiger partial charge in [-0.15, -0.1) is 0 Å². The van der Waals surface area contributed by atoms with E-state index in [0.717, 1.165) is 30.2 Å². The summed E-state index contributed by atoms with van der Waals surface area (Å²) in [5, 5.41) is 3.25. The van der Waals surface area contributed by atoms with Gasteiger partial charge in [-0.1, -0.05) is 6.92 Å². The Morgan fingerprint density at radius 3 is 2.84 bits per heavy atom. The molecule has 7 heteroatoms. The SMILES string of the molecule is CCCNCc1cc(S(=O)(=O)N2CCSCC2)c[nH]1. The quantitative estimate of drug-likeness (QED) is 0.776. The Hall–Kier alpha value is -0.500. The number of sulfonamides is 1. The van der Waals surface area contributed by atoms with Gasteiger partial charge in [-0.2, -0.15) is 16.1 Å². The molecule has 0 saturated carbocycles. The number of aromatic amines is 1. The van der Waals surface area contributed by atoms with Gasteiger partial charge in [0.05, 0.1) is 4.90 Å². The minimum Gasteiger partial charge on any atom is -0.363 e. The van der Waals surface area contributed by atoms with E-state index in [1.54, 1.807) is 28.3 Å². The Morgan fingerprint density at radius 2 is 2.16 bits per heavy atom. The summed E-state index contributed by atoms with van der Waals surface area (Å²) in [5.41, 5.74) is 0.915. The van der Waals surface area contributed by atoms with Gasteiger partial charge in [0.25, 0.3) is 0 Å². The summed E-state index contributed by atoms with van der Waals surface area (Å²) in [6.45, 7) is 4.94. The lowest BCUT2D eigenvalue weighted by Gasteiger charge is -2.24. The van der Waals surface area contributed by atoms with Gasteiger partial charge in [-0.05, 0) is 19.0 Å². The molecule has 1 aliphatic rings. The number of nitrogens with zero attached hydrogens (tertiary/aromatic N) is 1. The van der Waals surface area contributed by atoms with E-state index in [2.05, 4.69) is 17.2 Å². The topological polar surface area (TPSA) is 65.2 Å². The van der Waals surface area contributed by atoms with E-state index in [1.165, 1.54) is 0 Å². The molecule has 0 amide bonds. The molecule has 1 fully saturated rings. The summed E-state index contributed by atoms with van der Waals surface area (Å²) >= 11 is 1.80. The third kappa shape index (κ3) is 3.75. The van der Waals surface area contributed by atoms with Crippen LogP contribution in [0, 0.1) is 0 Å². The van der Waals surface area contributed by atoms with Crippen LogP contribution in [0.4, 0.5) is 0 Å². The van der Waals surface area contributed by atoms with Crippen LogP contribution in [0.1, 0.15) is 19.0 Å². The van der Waals surface area contributed by atoms with Gasteiger partial charge < -0.3 is 10.3 Å². The highest BCUT2D eigenvalue weighted by molar-refractivity contribution is 7.99. The molecular weight excluding hydrogens is 282 g/mol. The van der Waals surface area contributed by atoms with Crippen LogP contribution in [0.3, 0.4) is 0 Å². The fourth-order valence-electron chi connectivity index (χ4n) is 2.01. The molecule has 0 aliphatic carbocycles. The molecule has 0 radical (unpaired) electrons. The van der Waals surface area contributed by atoms with Crippen molar-refractivity contribution in [1.29, 1.82) is 0 Å². The van der Waals surface area contributed by atoms with Crippen LogP contribution in [0.2, 0.25) is 0 Å². The third-order valence-electron chi connectivity index (χ3n) is 3.07. The molecule has 19 heavy (non-hydrogen) atoms. The second-order valence-electron chi connectivity index (χ2n) is 4.55. The first-order valence-corrected chi connectivity index (χ1v) is 9.20. The number of hydrogen-bond acceptors (Lipinski definition) is 4.